The van der Waals surface area contributed by atoms with Crippen molar-refractivity contribution in [3.8, 4) is 0 Å². The van der Waals surface area contributed by atoms with Crippen LogP contribution < -0.4 is 10.2 Å². The summed E-state index contributed by atoms with van der Waals surface area (Å²) in [6.07, 6.45) is 3.22. The van der Waals surface area contributed by atoms with Gasteiger partial charge in [-0.25, -0.2) is 9.37 Å². The fourth-order valence-corrected chi connectivity index (χ4v) is 1.99. The lowest BCUT2D eigenvalue weighted by Crippen LogP contribution is -2.33. The molecule has 0 radical (unpaired) electrons. The summed E-state index contributed by atoms with van der Waals surface area (Å²) in [4.78, 5) is 23.1. The number of halogens is 1. The van der Waals surface area contributed by atoms with Crippen molar-refractivity contribution in [2.24, 2.45) is 0 Å². The Morgan fingerprint density at radius 2 is 2.16 bits per heavy atom. The Balaban J connectivity index is 1.95. The van der Waals surface area contributed by atoms with Crippen LogP contribution in [0.15, 0.2) is 6.20 Å². The van der Waals surface area contributed by atoms with E-state index >= 15 is 0 Å². The van der Waals surface area contributed by atoms with Gasteiger partial charge in [-0.1, -0.05) is 0 Å². The van der Waals surface area contributed by atoms with Gasteiger partial charge in [0.15, 0.2) is 11.6 Å². The van der Waals surface area contributed by atoms with Gasteiger partial charge in [-0.3, -0.25) is 4.79 Å². The van der Waals surface area contributed by atoms with Crippen LogP contribution in [-0.2, 0) is 4.79 Å². The number of carbonyl (C=O) groups is 1. The molecule has 0 spiro atoms. The summed E-state index contributed by atoms with van der Waals surface area (Å²) < 4.78 is 13.4. The predicted molar refractivity (Wildman–Crippen MR) is 70.6 cm³/mol. The third kappa shape index (κ3) is 3.30. The van der Waals surface area contributed by atoms with Crippen molar-refractivity contribution in [3.05, 3.63) is 12.0 Å². The quantitative estimate of drug-likeness (QED) is 0.871. The second kappa shape index (κ2) is 5.81. The van der Waals surface area contributed by atoms with Gasteiger partial charge in [-0.15, -0.1) is 0 Å². The first kappa shape index (κ1) is 13.5. The number of carbonyl (C=O) groups excluding carboxylic acids is 1. The van der Waals surface area contributed by atoms with E-state index in [1.54, 1.807) is 19.0 Å². The Hall–Kier alpha value is -1.92. The smallest absolute Gasteiger partial charge is 0.241 e. The van der Waals surface area contributed by atoms with Gasteiger partial charge in [-0.2, -0.15) is 4.98 Å². The van der Waals surface area contributed by atoms with Crippen molar-refractivity contribution in [3.63, 3.8) is 0 Å². The van der Waals surface area contributed by atoms with Crippen molar-refractivity contribution in [2.45, 2.75) is 12.8 Å². The topological polar surface area (TPSA) is 61.4 Å². The molecule has 0 atom stereocenters. The highest BCUT2D eigenvalue weighted by Gasteiger charge is 2.18. The lowest BCUT2D eigenvalue weighted by molar-refractivity contribution is -0.128. The number of aromatic nitrogens is 2. The highest BCUT2D eigenvalue weighted by molar-refractivity contribution is 5.80. The van der Waals surface area contributed by atoms with E-state index in [2.05, 4.69) is 15.3 Å². The van der Waals surface area contributed by atoms with E-state index in [1.807, 2.05) is 4.90 Å². The van der Waals surface area contributed by atoms with Gasteiger partial charge in [0.2, 0.25) is 11.9 Å². The van der Waals surface area contributed by atoms with Crippen LogP contribution in [0.2, 0.25) is 0 Å². The molecule has 6 nitrogen and oxygen atoms in total. The van der Waals surface area contributed by atoms with Crippen molar-refractivity contribution < 1.29 is 9.18 Å². The number of likely N-dealkylation sites (tertiary alicyclic amines) is 1. The molecule has 0 saturated carbocycles. The number of hydrogen-bond acceptors (Lipinski definition) is 5. The second-order valence-electron chi connectivity index (χ2n) is 4.70. The normalized spacial score (nSPS) is 14.6. The summed E-state index contributed by atoms with van der Waals surface area (Å²) in [5, 5.41) is 2.84. The van der Waals surface area contributed by atoms with Crippen LogP contribution in [0.3, 0.4) is 0 Å². The van der Waals surface area contributed by atoms with Crippen LogP contribution in [0.5, 0.6) is 0 Å². The van der Waals surface area contributed by atoms with Gasteiger partial charge in [0, 0.05) is 27.2 Å². The molecule has 0 aliphatic carbocycles. The Labute approximate surface area is 111 Å². The van der Waals surface area contributed by atoms with Crippen LogP contribution >= 0.6 is 0 Å². The average molecular weight is 267 g/mol. The molecule has 2 heterocycles. The summed E-state index contributed by atoms with van der Waals surface area (Å²) in [5.41, 5.74) is 0. The maximum absolute atomic E-state index is 13.4. The Kier molecular flexibility index (Phi) is 4.13. The zero-order valence-corrected chi connectivity index (χ0v) is 11.2. The minimum Gasteiger partial charge on any atom is -0.360 e. The first-order valence-electron chi connectivity index (χ1n) is 6.29. The SMILES string of the molecule is CN(C)c1nc(NCC(=O)N2CCCC2)ncc1F. The maximum Gasteiger partial charge on any atom is 0.241 e. The molecular formula is C12H18FN5O. The Morgan fingerprint density at radius 1 is 1.47 bits per heavy atom. The molecule has 1 aliphatic rings. The fraction of sp³-hybridized carbons (Fsp3) is 0.583. The minimum atomic E-state index is -0.485. The molecule has 19 heavy (non-hydrogen) atoms. The van der Waals surface area contributed by atoms with Gasteiger partial charge in [-0.05, 0) is 12.8 Å². The van der Waals surface area contributed by atoms with E-state index < -0.39 is 5.82 Å². The van der Waals surface area contributed by atoms with Gasteiger partial charge in [0.1, 0.15) is 0 Å². The van der Waals surface area contributed by atoms with E-state index in [-0.39, 0.29) is 24.2 Å². The highest BCUT2D eigenvalue weighted by Crippen LogP contribution is 2.14. The summed E-state index contributed by atoms with van der Waals surface area (Å²) >= 11 is 0. The van der Waals surface area contributed by atoms with Crippen molar-refractivity contribution in [2.75, 3.05) is 43.9 Å². The first-order chi connectivity index (χ1) is 9.08. The van der Waals surface area contributed by atoms with E-state index in [1.165, 1.54) is 0 Å². The maximum atomic E-state index is 13.4. The molecule has 1 fully saturated rings. The molecule has 0 aromatic carbocycles. The molecule has 1 aliphatic heterocycles. The molecule has 1 amide bonds. The lowest BCUT2D eigenvalue weighted by Gasteiger charge is -2.16. The van der Waals surface area contributed by atoms with Crippen LogP contribution in [-0.4, -0.2) is 54.5 Å². The molecule has 1 aromatic rings. The van der Waals surface area contributed by atoms with Crippen LogP contribution in [0.25, 0.3) is 0 Å². The third-order valence-corrected chi connectivity index (χ3v) is 3.01. The van der Waals surface area contributed by atoms with Crippen molar-refractivity contribution in [1.29, 1.82) is 0 Å². The summed E-state index contributed by atoms with van der Waals surface area (Å²) in [6.45, 7) is 1.76. The number of nitrogens with one attached hydrogen (secondary N) is 1. The number of rotatable bonds is 4. The Morgan fingerprint density at radius 3 is 2.79 bits per heavy atom. The van der Waals surface area contributed by atoms with Gasteiger partial charge < -0.3 is 15.1 Å². The molecule has 104 valence electrons. The standard InChI is InChI=1S/C12H18FN5O/c1-17(2)11-9(13)7-14-12(16-11)15-8-10(19)18-5-3-4-6-18/h7H,3-6,8H2,1-2H3,(H,14,15,16). The van der Waals surface area contributed by atoms with Gasteiger partial charge in [0.25, 0.3) is 0 Å². The molecule has 7 heteroatoms. The van der Waals surface area contributed by atoms with Crippen molar-refractivity contribution >= 4 is 17.7 Å². The van der Waals surface area contributed by atoms with Gasteiger partial charge >= 0.3 is 0 Å². The van der Waals surface area contributed by atoms with E-state index in [4.69, 9.17) is 0 Å². The molecule has 1 saturated heterocycles. The third-order valence-electron chi connectivity index (χ3n) is 3.01. The lowest BCUT2D eigenvalue weighted by atomic mass is 10.4. The number of hydrogen-bond donors (Lipinski definition) is 1. The summed E-state index contributed by atoms with van der Waals surface area (Å²) in [7, 11) is 3.40. The van der Waals surface area contributed by atoms with Crippen molar-refractivity contribution in [1.82, 2.24) is 14.9 Å². The zero-order valence-electron chi connectivity index (χ0n) is 11.2. The Bertz CT molecular complexity index is 459. The average Bonchev–Trinajstić information content (AvgIpc) is 2.91. The summed E-state index contributed by atoms with van der Waals surface area (Å²) in [6, 6.07) is 0. The van der Waals surface area contributed by atoms with E-state index in [0.29, 0.717) is 0 Å². The molecule has 1 N–H and O–H groups in total. The molecule has 0 bridgehead atoms. The van der Waals surface area contributed by atoms with Gasteiger partial charge in [0.05, 0.1) is 12.7 Å². The van der Waals surface area contributed by atoms with E-state index in [0.717, 1.165) is 32.1 Å². The van der Waals surface area contributed by atoms with Crippen LogP contribution in [0.4, 0.5) is 16.2 Å². The number of nitrogens with zero attached hydrogens (tertiary/aromatic N) is 4. The summed E-state index contributed by atoms with van der Waals surface area (Å²) in [5.74, 6) is 0.00187. The van der Waals surface area contributed by atoms with E-state index in [9.17, 15) is 9.18 Å². The zero-order chi connectivity index (χ0) is 13.8. The molecule has 0 unspecified atom stereocenters. The number of anilines is 2. The fourth-order valence-electron chi connectivity index (χ4n) is 1.99. The van der Waals surface area contributed by atoms with Crippen LogP contribution in [0, 0.1) is 5.82 Å². The molecular weight excluding hydrogens is 249 g/mol. The predicted octanol–water partition coefficient (Wildman–Crippen LogP) is 0.716. The number of amides is 1. The second-order valence-corrected chi connectivity index (χ2v) is 4.70. The van der Waals surface area contributed by atoms with Crippen LogP contribution in [0.1, 0.15) is 12.8 Å². The monoisotopic (exact) mass is 267 g/mol. The first-order valence-corrected chi connectivity index (χ1v) is 6.29. The molecule has 1 aromatic heterocycles. The highest BCUT2D eigenvalue weighted by atomic mass is 19.1. The molecule has 2 rings (SSSR count). The largest absolute Gasteiger partial charge is 0.360 e. The minimum absolute atomic E-state index is 0.0248.